The van der Waals surface area contributed by atoms with Crippen molar-refractivity contribution in [1.29, 1.82) is 0 Å². The van der Waals surface area contributed by atoms with Gasteiger partial charge in [0.1, 0.15) is 11.6 Å². The Hall–Kier alpha value is -1.68. The van der Waals surface area contributed by atoms with Crippen molar-refractivity contribution in [2.45, 2.75) is 25.7 Å². The Kier molecular flexibility index (Phi) is 2.71. The molecule has 0 spiro atoms. The van der Waals surface area contributed by atoms with E-state index in [-0.39, 0.29) is 11.2 Å². The molecule has 0 radical (unpaired) electrons. The molecule has 0 bridgehead atoms. The van der Waals surface area contributed by atoms with Crippen LogP contribution >= 0.6 is 0 Å². The van der Waals surface area contributed by atoms with Gasteiger partial charge in [-0.15, -0.1) is 0 Å². The van der Waals surface area contributed by atoms with E-state index in [1.165, 1.54) is 5.56 Å². The van der Waals surface area contributed by atoms with Gasteiger partial charge in [-0.25, -0.2) is 4.98 Å². The Morgan fingerprint density at radius 3 is 2.79 bits per heavy atom. The van der Waals surface area contributed by atoms with Crippen LogP contribution in [0, 0.1) is 6.92 Å². The average molecular weight is 258 g/mol. The molecule has 19 heavy (non-hydrogen) atoms. The fourth-order valence-electron chi connectivity index (χ4n) is 2.85. The molecule has 0 unspecified atom stereocenters. The monoisotopic (exact) mass is 258 g/mol. The van der Waals surface area contributed by atoms with Gasteiger partial charge in [-0.05, 0) is 31.5 Å². The second-order valence-corrected chi connectivity index (χ2v) is 5.57. The molecule has 2 heterocycles. The summed E-state index contributed by atoms with van der Waals surface area (Å²) in [4.78, 5) is 16.0. The number of benzene rings is 1. The fourth-order valence-corrected chi connectivity index (χ4v) is 2.85. The van der Waals surface area contributed by atoms with E-state index in [9.17, 15) is 4.79 Å². The summed E-state index contributed by atoms with van der Waals surface area (Å²) in [7, 11) is 2.02. The predicted molar refractivity (Wildman–Crippen MR) is 73.2 cm³/mol. The number of aryl methyl sites for hydroxylation is 2. The summed E-state index contributed by atoms with van der Waals surface area (Å²) in [5, 5.41) is 0. The summed E-state index contributed by atoms with van der Waals surface area (Å²) in [6.45, 7) is 4.90. The van der Waals surface area contributed by atoms with Crippen molar-refractivity contribution >= 4 is 16.8 Å². The third-order valence-corrected chi connectivity index (χ3v) is 4.06. The van der Waals surface area contributed by atoms with Crippen LogP contribution in [-0.4, -0.2) is 28.5 Å². The van der Waals surface area contributed by atoms with Crippen molar-refractivity contribution in [3.63, 3.8) is 0 Å². The number of ether oxygens (including phenoxy) is 1. The van der Waals surface area contributed by atoms with Gasteiger partial charge in [0, 0.05) is 18.9 Å². The summed E-state index contributed by atoms with van der Waals surface area (Å²) in [5.41, 5.74) is 3.15. The first-order valence-corrected chi connectivity index (χ1v) is 6.53. The van der Waals surface area contributed by atoms with E-state index >= 15 is 0 Å². The smallest absolute Gasteiger partial charge is 0.130 e. The summed E-state index contributed by atoms with van der Waals surface area (Å²) in [5.74, 6) is 1.21. The number of Topliss-reactive ketones (excluding diaryl/α,β-unsaturated/α-hetero) is 1. The first-order chi connectivity index (χ1) is 9.02. The molecule has 0 atom stereocenters. The van der Waals surface area contributed by atoms with Gasteiger partial charge in [-0.1, -0.05) is 6.07 Å². The Labute approximate surface area is 112 Å². The first-order valence-electron chi connectivity index (χ1n) is 6.53. The largest absolute Gasteiger partial charge is 0.379 e. The van der Waals surface area contributed by atoms with E-state index in [1.54, 1.807) is 6.92 Å². The molecule has 1 fully saturated rings. The van der Waals surface area contributed by atoms with Crippen LogP contribution in [0.5, 0.6) is 0 Å². The number of nitrogens with zero attached hydrogens (tertiary/aromatic N) is 2. The number of hydrogen-bond acceptors (Lipinski definition) is 3. The van der Waals surface area contributed by atoms with Gasteiger partial charge in [-0.3, -0.25) is 4.79 Å². The molecule has 1 saturated heterocycles. The van der Waals surface area contributed by atoms with Crippen molar-refractivity contribution < 1.29 is 9.53 Å². The van der Waals surface area contributed by atoms with Gasteiger partial charge in [0.25, 0.3) is 0 Å². The molecule has 1 aromatic heterocycles. The highest BCUT2D eigenvalue weighted by atomic mass is 16.5. The number of ketones is 1. The van der Waals surface area contributed by atoms with Gasteiger partial charge < -0.3 is 9.30 Å². The quantitative estimate of drug-likeness (QED) is 0.847. The number of carbonyl (C=O) groups excluding carboxylic acids is 1. The highest BCUT2D eigenvalue weighted by Crippen LogP contribution is 2.37. The Bertz CT molecular complexity index is 653. The number of carbonyl (C=O) groups is 1. The predicted octanol–water partition coefficient (Wildman–Crippen LogP) is 2.13. The first kappa shape index (κ1) is 12.4. The fraction of sp³-hybridized carbons (Fsp3) is 0.467. The van der Waals surface area contributed by atoms with Gasteiger partial charge in [0.2, 0.25) is 0 Å². The van der Waals surface area contributed by atoms with Crippen LogP contribution in [-0.2, 0) is 22.0 Å². The number of aromatic nitrogens is 2. The summed E-state index contributed by atoms with van der Waals surface area (Å²) < 4.78 is 7.43. The highest BCUT2D eigenvalue weighted by Gasteiger charge is 2.41. The van der Waals surface area contributed by atoms with Gasteiger partial charge in [-0.2, -0.15) is 0 Å². The molecule has 4 heteroatoms. The summed E-state index contributed by atoms with van der Waals surface area (Å²) in [6, 6.07) is 6.30. The van der Waals surface area contributed by atoms with Crippen molar-refractivity contribution in [2.24, 2.45) is 7.05 Å². The normalized spacial score (nSPS) is 17.4. The molecule has 0 aliphatic carbocycles. The maximum absolute atomic E-state index is 11.5. The highest BCUT2D eigenvalue weighted by molar-refractivity contribution is 5.80. The molecule has 0 amide bonds. The van der Waals surface area contributed by atoms with Gasteiger partial charge >= 0.3 is 0 Å². The third-order valence-electron chi connectivity index (χ3n) is 4.06. The zero-order chi connectivity index (χ0) is 13.6. The van der Waals surface area contributed by atoms with Crippen molar-refractivity contribution in [1.82, 2.24) is 9.55 Å². The average Bonchev–Trinajstić information content (AvgIpc) is 2.59. The van der Waals surface area contributed by atoms with Crippen LogP contribution in [0.2, 0.25) is 0 Å². The Balaban J connectivity index is 2.07. The summed E-state index contributed by atoms with van der Waals surface area (Å²) >= 11 is 0. The molecule has 0 saturated carbocycles. The number of rotatable bonds is 3. The zero-order valence-electron chi connectivity index (χ0n) is 11.6. The molecule has 0 N–H and O–H groups in total. The lowest BCUT2D eigenvalue weighted by molar-refractivity contribution is -0.125. The van der Waals surface area contributed by atoms with Crippen LogP contribution in [0.4, 0.5) is 0 Å². The standard InChI is InChI=1S/C15H18N2O2/c1-10(18)7-15(8-19-9-15)12-4-5-14-13(6-12)16-11(2)17(14)3/h4-6H,7-9H2,1-3H3. The zero-order valence-corrected chi connectivity index (χ0v) is 11.6. The molecule has 100 valence electrons. The van der Waals surface area contributed by atoms with Gasteiger partial charge in [0.05, 0.1) is 24.2 Å². The third kappa shape index (κ3) is 1.87. The minimum Gasteiger partial charge on any atom is -0.379 e. The van der Waals surface area contributed by atoms with Crippen LogP contribution in [0.1, 0.15) is 24.7 Å². The maximum atomic E-state index is 11.5. The van der Waals surface area contributed by atoms with E-state index in [0.29, 0.717) is 19.6 Å². The molecular formula is C15H18N2O2. The number of imidazole rings is 1. The molecule has 3 rings (SSSR count). The van der Waals surface area contributed by atoms with Crippen LogP contribution in [0.3, 0.4) is 0 Å². The van der Waals surface area contributed by atoms with Crippen LogP contribution in [0.25, 0.3) is 11.0 Å². The van der Waals surface area contributed by atoms with Crippen LogP contribution in [0.15, 0.2) is 18.2 Å². The lowest BCUT2D eigenvalue weighted by Crippen LogP contribution is -2.47. The molecule has 1 aromatic carbocycles. The van der Waals surface area contributed by atoms with E-state index in [0.717, 1.165) is 16.9 Å². The Morgan fingerprint density at radius 1 is 1.47 bits per heavy atom. The van der Waals surface area contributed by atoms with E-state index in [4.69, 9.17) is 4.74 Å². The lowest BCUT2D eigenvalue weighted by Gasteiger charge is -2.41. The minimum absolute atomic E-state index is 0.133. The number of fused-ring (bicyclic) bond motifs is 1. The second-order valence-electron chi connectivity index (χ2n) is 5.57. The molecule has 4 nitrogen and oxygen atoms in total. The van der Waals surface area contributed by atoms with Crippen molar-refractivity contribution in [3.8, 4) is 0 Å². The Morgan fingerprint density at radius 2 is 2.21 bits per heavy atom. The number of hydrogen-bond donors (Lipinski definition) is 0. The molecular weight excluding hydrogens is 240 g/mol. The lowest BCUT2D eigenvalue weighted by atomic mass is 9.75. The molecule has 1 aliphatic rings. The van der Waals surface area contributed by atoms with Gasteiger partial charge in [0.15, 0.2) is 0 Å². The second kappa shape index (κ2) is 4.17. The SMILES string of the molecule is CC(=O)CC1(c2ccc3c(c2)nc(C)n3C)COC1. The van der Waals surface area contributed by atoms with Crippen molar-refractivity contribution in [3.05, 3.63) is 29.6 Å². The molecule has 1 aliphatic heterocycles. The minimum atomic E-state index is -0.133. The topological polar surface area (TPSA) is 44.1 Å². The van der Waals surface area contributed by atoms with E-state index in [1.807, 2.05) is 14.0 Å². The van der Waals surface area contributed by atoms with E-state index in [2.05, 4.69) is 27.8 Å². The maximum Gasteiger partial charge on any atom is 0.130 e. The summed E-state index contributed by atoms with van der Waals surface area (Å²) in [6.07, 6.45) is 0.546. The van der Waals surface area contributed by atoms with Crippen LogP contribution < -0.4 is 0 Å². The van der Waals surface area contributed by atoms with E-state index < -0.39 is 0 Å². The molecule has 2 aromatic rings. The van der Waals surface area contributed by atoms with Crippen molar-refractivity contribution in [2.75, 3.05) is 13.2 Å².